The molecule has 1 aliphatic carbocycles. The van der Waals surface area contributed by atoms with Gasteiger partial charge in [-0.3, -0.25) is 9.59 Å². The first-order valence-corrected chi connectivity index (χ1v) is 11.7. The maximum atomic E-state index is 12.4. The van der Waals surface area contributed by atoms with Crippen molar-refractivity contribution >= 4 is 18.0 Å². The van der Waals surface area contributed by atoms with Gasteiger partial charge in [0.15, 0.2) is 0 Å². The van der Waals surface area contributed by atoms with E-state index in [2.05, 4.69) is 34.9 Å². The van der Waals surface area contributed by atoms with Gasteiger partial charge in [0.2, 0.25) is 5.91 Å². The van der Waals surface area contributed by atoms with Gasteiger partial charge in [0.1, 0.15) is 6.61 Å². The molecule has 2 aromatic carbocycles. The molecule has 2 aliphatic rings. The van der Waals surface area contributed by atoms with Crippen LogP contribution < -0.4 is 10.6 Å². The topological polar surface area (TPSA) is 114 Å². The summed E-state index contributed by atoms with van der Waals surface area (Å²) in [6.45, 7) is 2.55. The number of carboxylic acid groups (broad SMARTS) is 1. The molecule has 1 saturated heterocycles. The largest absolute Gasteiger partial charge is 0.481 e. The van der Waals surface area contributed by atoms with E-state index in [1.54, 1.807) is 0 Å². The number of hydrogen-bond donors (Lipinski definition) is 3. The van der Waals surface area contributed by atoms with E-state index in [9.17, 15) is 14.4 Å². The third-order valence-electron chi connectivity index (χ3n) is 6.53. The SMILES string of the molecule is CC[C@H](CC(=O)O)NC(=O)[C@@H]1CO[C@H](CNC(=O)OCC2c3ccccc3-c3ccccc32)C1. The van der Waals surface area contributed by atoms with E-state index < -0.39 is 18.1 Å². The predicted octanol–water partition coefficient (Wildman–Crippen LogP) is 3.30. The summed E-state index contributed by atoms with van der Waals surface area (Å²) in [5, 5.41) is 14.5. The molecule has 0 spiro atoms. The number of carboxylic acids is 1. The summed E-state index contributed by atoms with van der Waals surface area (Å²) in [4.78, 5) is 35.7. The summed E-state index contributed by atoms with van der Waals surface area (Å²) in [6, 6.07) is 15.9. The van der Waals surface area contributed by atoms with E-state index in [0.29, 0.717) is 12.8 Å². The maximum Gasteiger partial charge on any atom is 0.407 e. The van der Waals surface area contributed by atoms with Crippen LogP contribution in [0.15, 0.2) is 48.5 Å². The average molecular weight is 467 g/mol. The molecule has 1 aliphatic heterocycles. The highest BCUT2D eigenvalue weighted by atomic mass is 16.5. The van der Waals surface area contributed by atoms with Gasteiger partial charge in [0, 0.05) is 18.5 Å². The number of carbonyl (C=O) groups is 3. The number of rotatable bonds is 9. The molecule has 34 heavy (non-hydrogen) atoms. The molecule has 3 N–H and O–H groups in total. The average Bonchev–Trinajstić information content (AvgIpc) is 3.44. The van der Waals surface area contributed by atoms with Crippen molar-refractivity contribution in [3.63, 3.8) is 0 Å². The van der Waals surface area contributed by atoms with Crippen molar-refractivity contribution in [1.82, 2.24) is 10.6 Å². The zero-order chi connectivity index (χ0) is 24.1. The van der Waals surface area contributed by atoms with Crippen molar-refractivity contribution in [3.05, 3.63) is 59.7 Å². The second kappa shape index (κ2) is 10.7. The van der Waals surface area contributed by atoms with Crippen molar-refractivity contribution in [2.45, 2.75) is 44.2 Å². The maximum absolute atomic E-state index is 12.4. The molecule has 3 atom stereocenters. The molecule has 0 aromatic heterocycles. The summed E-state index contributed by atoms with van der Waals surface area (Å²) >= 11 is 0. The Balaban J connectivity index is 1.23. The van der Waals surface area contributed by atoms with Crippen LogP contribution in [-0.2, 0) is 19.1 Å². The lowest BCUT2D eigenvalue weighted by Crippen LogP contribution is -2.40. The van der Waals surface area contributed by atoms with Crippen LogP contribution >= 0.6 is 0 Å². The molecule has 0 radical (unpaired) electrons. The Kier molecular flexibility index (Phi) is 7.47. The lowest BCUT2D eigenvalue weighted by Gasteiger charge is -2.17. The quantitative estimate of drug-likeness (QED) is 0.523. The van der Waals surface area contributed by atoms with E-state index in [1.165, 1.54) is 11.1 Å². The second-order valence-electron chi connectivity index (χ2n) is 8.81. The molecule has 8 nitrogen and oxygen atoms in total. The van der Waals surface area contributed by atoms with Gasteiger partial charge in [0.05, 0.1) is 25.0 Å². The van der Waals surface area contributed by atoms with Crippen LogP contribution in [0.2, 0.25) is 0 Å². The summed E-state index contributed by atoms with van der Waals surface area (Å²) in [5.41, 5.74) is 4.64. The van der Waals surface area contributed by atoms with Gasteiger partial charge in [0.25, 0.3) is 0 Å². The molecule has 180 valence electrons. The molecule has 8 heteroatoms. The Bertz CT molecular complexity index is 1010. The lowest BCUT2D eigenvalue weighted by molar-refractivity contribution is -0.137. The zero-order valence-corrected chi connectivity index (χ0v) is 19.2. The van der Waals surface area contributed by atoms with E-state index in [0.717, 1.165) is 11.1 Å². The molecular weight excluding hydrogens is 436 g/mol. The first kappa shape index (κ1) is 23.8. The van der Waals surface area contributed by atoms with Gasteiger partial charge in [-0.25, -0.2) is 4.79 Å². The number of alkyl carbamates (subject to hydrolysis) is 1. The normalized spacial score (nSPS) is 19.7. The van der Waals surface area contributed by atoms with E-state index >= 15 is 0 Å². The van der Waals surface area contributed by atoms with Crippen LogP contribution in [0.25, 0.3) is 11.1 Å². The molecule has 2 aromatic rings. The number of hydrogen-bond acceptors (Lipinski definition) is 5. The van der Waals surface area contributed by atoms with Crippen LogP contribution in [-0.4, -0.2) is 55.0 Å². The number of fused-ring (bicyclic) bond motifs is 3. The minimum atomic E-state index is -0.944. The fourth-order valence-electron chi connectivity index (χ4n) is 4.70. The van der Waals surface area contributed by atoms with Crippen molar-refractivity contribution < 1.29 is 29.0 Å². The predicted molar refractivity (Wildman–Crippen MR) is 125 cm³/mol. The van der Waals surface area contributed by atoms with E-state index in [-0.39, 0.29) is 50.0 Å². The molecular formula is C26H30N2O6. The smallest absolute Gasteiger partial charge is 0.407 e. The number of amides is 2. The van der Waals surface area contributed by atoms with Crippen molar-refractivity contribution in [1.29, 1.82) is 0 Å². The number of nitrogens with one attached hydrogen (secondary N) is 2. The molecule has 4 rings (SSSR count). The Labute approximate surface area is 198 Å². The van der Waals surface area contributed by atoms with Crippen LogP contribution in [0.4, 0.5) is 4.79 Å². The molecule has 1 heterocycles. The van der Waals surface area contributed by atoms with Crippen molar-refractivity contribution in [3.8, 4) is 11.1 Å². The summed E-state index contributed by atoms with van der Waals surface area (Å²) in [6.07, 6.45) is 0.0709. The van der Waals surface area contributed by atoms with Crippen LogP contribution in [0.3, 0.4) is 0 Å². The molecule has 0 bridgehead atoms. The third-order valence-corrected chi connectivity index (χ3v) is 6.53. The molecule has 1 fully saturated rings. The van der Waals surface area contributed by atoms with Gasteiger partial charge in [-0.1, -0.05) is 55.5 Å². The lowest BCUT2D eigenvalue weighted by atomic mass is 9.98. The molecule has 0 unspecified atom stereocenters. The minimum Gasteiger partial charge on any atom is -0.481 e. The van der Waals surface area contributed by atoms with Crippen LogP contribution in [0.5, 0.6) is 0 Å². The standard InChI is InChI=1S/C26H30N2O6/c1-2-17(12-24(29)30)28-25(31)16-11-18(33-14-16)13-27-26(32)34-15-23-21-9-5-3-7-19(21)20-8-4-6-10-22(20)23/h3-10,16-18,23H,2,11-15H2,1H3,(H,27,32)(H,28,31)(H,29,30)/t16-,17+,18-/m0/s1. The van der Waals surface area contributed by atoms with Gasteiger partial charge in [-0.15, -0.1) is 0 Å². The van der Waals surface area contributed by atoms with Crippen LogP contribution in [0, 0.1) is 5.92 Å². The van der Waals surface area contributed by atoms with Gasteiger partial charge in [-0.05, 0) is 35.1 Å². The highest BCUT2D eigenvalue weighted by Crippen LogP contribution is 2.44. The number of benzene rings is 2. The number of carbonyl (C=O) groups excluding carboxylic acids is 2. The van der Waals surface area contributed by atoms with E-state index in [1.807, 2.05) is 31.2 Å². The third kappa shape index (κ3) is 5.39. The minimum absolute atomic E-state index is 0.00808. The van der Waals surface area contributed by atoms with Crippen molar-refractivity contribution in [2.24, 2.45) is 5.92 Å². The Morgan fingerprint density at radius 3 is 2.35 bits per heavy atom. The number of ether oxygens (including phenoxy) is 2. The second-order valence-corrected chi connectivity index (χ2v) is 8.81. The Morgan fingerprint density at radius 2 is 1.74 bits per heavy atom. The molecule has 0 saturated carbocycles. The van der Waals surface area contributed by atoms with Gasteiger partial charge < -0.3 is 25.2 Å². The summed E-state index contributed by atoms with van der Waals surface area (Å²) < 4.78 is 11.2. The summed E-state index contributed by atoms with van der Waals surface area (Å²) in [5.74, 6) is -1.53. The summed E-state index contributed by atoms with van der Waals surface area (Å²) in [7, 11) is 0. The fourth-order valence-corrected chi connectivity index (χ4v) is 4.70. The zero-order valence-electron chi connectivity index (χ0n) is 19.2. The molecule has 2 amide bonds. The fraction of sp³-hybridized carbons (Fsp3) is 0.423. The Morgan fingerprint density at radius 1 is 1.09 bits per heavy atom. The highest BCUT2D eigenvalue weighted by Gasteiger charge is 2.33. The monoisotopic (exact) mass is 466 g/mol. The Hall–Kier alpha value is -3.39. The highest BCUT2D eigenvalue weighted by molar-refractivity contribution is 5.80. The van der Waals surface area contributed by atoms with Crippen molar-refractivity contribution in [2.75, 3.05) is 19.8 Å². The van der Waals surface area contributed by atoms with Crippen LogP contribution in [0.1, 0.15) is 43.2 Å². The number of aliphatic carboxylic acids is 1. The first-order chi connectivity index (χ1) is 16.5. The van der Waals surface area contributed by atoms with Gasteiger partial charge in [-0.2, -0.15) is 0 Å². The van der Waals surface area contributed by atoms with E-state index in [4.69, 9.17) is 14.6 Å². The van der Waals surface area contributed by atoms with Gasteiger partial charge >= 0.3 is 12.1 Å². The first-order valence-electron chi connectivity index (χ1n) is 11.7.